The van der Waals surface area contributed by atoms with Gasteiger partial charge in [-0.25, -0.2) is 0 Å². The summed E-state index contributed by atoms with van der Waals surface area (Å²) in [5, 5.41) is 0. The van der Waals surface area contributed by atoms with Gasteiger partial charge in [-0.15, -0.1) is 12.4 Å². The van der Waals surface area contributed by atoms with Gasteiger partial charge >= 0.3 is 0 Å². The molecule has 1 saturated heterocycles. The Labute approximate surface area is 151 Å². The number of amides is 1. The van der Waals surface area contributed by atoms with E-state index in [4.69, 9.17) is 10.5 Å². The van der Waals surface area contributed by atoms with Crippen LogP contribution >= 0.6 is 12.4 Å². The molecule has 0 aromatic heterocycles. The molecule has 24 heavy (non-hydrogen) atoms. The third kappa shape index (κ3) is 3.93. The summed E-state index contributed by atoms with van der Waals surface area (Å²) in [5.74, 6) is 0.329. The number of carbonyl (C=O) groups excluding carboxylic acids is 1. The molecule has 2 aliphatic rings. The van der Waals surface area contributed by atoms with Crippen molar-refractivity contribution in [3.8, 4) is 0 Å². The van der Waals surface area contributed by atoms with Gasteiger partial charge in [0, 0.05) is 19.7 Å². The van der Waals surface area contributed by atoms with Gasteiger partial charge < -0.3 is 15.4 Å². The Morgan fingerprint density at radius 2 is 1.88 bits per heavy atom. The zero-order valence-electron chi connectivity index (χ0n) is 14.3. The fourth-order valence-corrected chi connectivity index (χ4v) is 3.78. The monoisotopic (exact) mass is 352 g/mol. The van der Waals surface area contributed by atoms with Crippen LogP contribution < -0.4 is 5.73 Å². The van der Waals surface area contributed by atoms with Crippen molar-refractivity contribution < 1.29 is 9.53 Å². The topological polar surface area (TPSA) is 55.6 Å². The molecule has 0 bridgehead atoms. The van der Waals surface area contributed by atoms with Crippen LogP contribution in [0.25, 0.3) is 0 Å². The smallest absolute Gasteiger partial charge is 0.233 e. The second-order valence-corrected chi connectivity index (χ2v) is 6.81. The van der Waals surface area contributed by atoms with E-state index in [1.165, 1.54) is 5.56 Å². The van der Waals surface area contributed by atoms with Crippen molar-refractivity contribution >= 4 is 18.3 Å². The minimum atomic E-state index is -0.255. The van der Waals surface area contributed by atoms with Crippen LogP contribution in [-0.4, -0.2) is 43.2 Å². The SMILES string of the molecule is Cl.NCCCOC1CCN(C(=O)C2(c3ccccc3)CCC2)CC1. The number of rotatable bonds is 6. The number of nitrogens with zero attached hydrogens (tertiary/aromatic N) is 1. The fourth-order valence-electron chi connectivity index (χ4n) is 3.78. The normalized spacial score (nSPS) is 20.1. The lowest BCUT2D eigenvalue weighted by atomic mass is 9.63. The molecular weight excluding hydrogens is 324 g/mol. The minimum absolute atomic E-state index is 0. The van der Waals surface area contributed by atoms with Crippen molar-refractivity contribution in [2.45, 2.75) is 50.0 Å². The van der Waals surface area contributed by atoms with Crippen molar-refractivity contribution in [3.05, 3.63) is 35.9 Å². The van der Waals surface area contributed by atoms with Crippen molar-refractivity contribution in [2.24, 2.45) is 5.73 Å². The van der Waals surface area contributed by atoms with Crippen LogP contribution in [0.2, 0.25) is 0 Å². The molecular formula is C19H29ClN2O2. The number of hydrogen-bond donors (Lipinski definition) is 1. The first-order valence-electron chi connectivity index (χ1n) is 8.93. The maximum Gasteiger partial charge on any atom is 0.233 e. The van der Waals surface area contributed by atoms with E-state index in [0.717, 1.165) is 58.2 Å². The predicted octanol–water partition coefficient (Wildman–Crippen LogP) is 2.89. The largest absolute Gasteiger partial charge is 0.378 e. The molecule has 5 heteroatoms. The Kier molecular flexibility index (Phi) is 7.08. The molecule has 2 N–H and O–H groups in total. The average Bonchev–Trinajstić information content (AvgIpc) is 2.56. The van der Waals surface area contributed by atoms with Gasteiger partial charge in [0.1, 0.15) is 0 Å². The molecule has 1 amide bonds. The van der Waals surface area contributed by atoms with Gasteiger partial charge in [-0.1, -0.05) is 36.8 Å². The van der Waals surface area contributed by atoms with E-state index in [2.05, 4.69) is 17.0 Å². The first kappa shape index (κ1) is 19.2. The molecule has 1 saturated carbocycles. The van der Waals surface area contributed by atoms with Gasteiger partial charge in [0.15, 0.2) is 0 Å². The highest BCUT2D eigenvalue weighted by atomic mass is 35.5. The second-order valence-electron chi connectivity index (χ2n) is 6.81. The quantitative estimate of drug-likeness (QED) is 0.801. The van der Waals surface area contributed by atoms with Gasteiger partial charge in [0.05, 0.1) is 11.5 Å². The van der Waals surface area contributed by atoms with E-state index in [1.807, 2.05) is 18.2 Å². The van der Waals surface area contributed by atoms with Crippen LogP contribution in [0.5, 0.6) is 0 Å². The van der Waals surface area contributed by atoms with Gasteiger partial charge in [-0.3, -0.25) is 4.79 Å². The van der Waals surface area contributed by atoms with Crippen molar-refractivity contribution in [3.63, 3.8) is 0 Å². The van der Waals surface area contributed by atoms with Crippen LogP contribution in [-0.2, 0) is 14.9 Å². The van der Waals surface area contributed by atoms with Crippen LogP contribution in [0.15, 0.2) is 30.3 Å². The van der Waals surface area contributed by atoms with Crippen LogP contribution in [0.3, 0.4) is 0 Å². The molecule has 1 heterocycles. The minimum Gasteiger partial charge on any atom is -0.378 e. The molecule has 3 rings (SSSR count). The van der Waals surface area contributed by atoms with E-state index >= 15 is 0 Å². The number of benzene rings is 1. The number of halogens is 1. The van der Waals surface area contributed by atoms with Crippen molar-refractivity contribution in [2.75, 3.05) is 26.2 Å². The van der Waals surface area contributed by atoms with Crippen LogP contribution in [0.4, 0.5) is 0 Å². The Balaban J connectivity index is 0.00000208. The van der Waals surface area contributed by atoms with E-state index in [-0.39, 0.29) is 17.8 Å². The number of likely N-dealkylation sites (tertiary alicyclic amines) is 1. The van der Waals surface area contributed by atoms with Crippen LogP contribution in [0, 0.1) is 0 Å². The summed E-state index contributed by atoms with van der Waals surface area (Å²) in [6.07, 6.45) is 6.23. The molecule has 4 nitrogen and oxygen atoms in total. The number of hydrogen-bond acceptors (Lipinski definition) is 3. The van der Waals surface area contributed by atoms with E-state index in [0.29, 0.717) is 18.6 Å². The Morgan fingerprint density at radius 3 is 2.42 bits per heavy atom. The summed E-state index contributed by atoms with van der Waals surface area (Å²) in [6, 6.07) is 10.3. The lowest BCUT2D eigenvalue weighted by Crippen LogP contribution is -2.53. The molecule has 134 valence electrons. The van der Waals surface area contributed by atoms with Gasteiger partial charge in [-0.05, 0) is 44.2 Å². The summed E-state index contributed by atoms with van der Waals surface area (Å²) in [5.41, 5.74) is 6.43. The molecule has 0 unspecified atom stereocenters. The zero-order chi connectivity index (χ0) is 16.1. The van der Waals surface area contributed by atoms with Gasteiger partial charge in [0.25, 0.3) is 0 Å². The highest BCUT2D eigenvalue weighted by Crippen LogP contribution is 2.45. The summed E-state index contributed by atoms with van der Waals surface area (Å²) >= 11 is 0. The Hall–Kier alpha value is -1.10. The lowest BCUT2D eigenvalue weighted by Gasteiger charge is -2.45. The van der Waals surface area contributed by atoms with Gasteiger partial charge in [0.2, 0.25) is 5.91 Å². The maximum absolute atomic E-state index is 13.1. The van der Waals surface area contributed by atoms with Gasteiger partial charge in [-0.2, -0.15) is 0 Å². The molecule has 0 spiro atoms. The van der Waals surface area contributed by atoms with Crippen molar-refractivity contribution in [1.29, 1.82) is 0 Å². The highest BCUT2D eigenvalue weighted by Gasteiger charge is 2.47. The number of nitrogens with two attached hydrogens (primary N) is 1. The summed E-state index contributed by atoms with van der Waals surface area (Å²) in [4.78, 5) is 15.2. The molecule has 0 radical (unpaired) electrons. The zero-order valence-corrected chi connectivity index (χ0v) is 15.1. The molecule has 1 aromatic carbocycles. The van der Waals surface area contributed by atoms with E-state index < -0.39 is 0 Å². The maximum atomic E-state index is 13.1. The number of carbonyl (C=O) groups is 1. The predicted molar refractivity (Wildman–Crippen MR) is 98.4 cm³/mol. The number of piperidine rings is 1. The lowest BCUT2D eigenvalue weighted by molar-refractivity contribution is -0.143. The van der Waals surface area contributed by atoms with Crippen LogP contribution in [0.1, 0.15) is 44.1 Å². The standard InChI is InChI=1S/C19H28N2O2.ClH/c20-12-5-15-23-17-8-13-21(14-9-17)18(22)19(10-4-11-19)16-6-2-1-3-7-16;/h1-3,6-7,17H,4-5,8-15,20H2;1H. The summed E-state index contributed by atoms with van der Waals surface area (Å²) in [6.45, 7) is 3.06. The van der Waals surface area contributed by atoms with E-state index in [9.17, 15) is 4.79 Å². The fraction of sp³-hybridized carbons (Fsp3) is 0.632. The molecule has 1 aliphatic heterocycles. The Bertz CT molecular complexity index is 511. The van der Waals surface area contributed by atoms with Crippen molar-refractivity contribution in [1.82, 2.24) is 4.90 Å². The molecule has 1 aliphatic carbocycles. The first-order chi connectivity index (χ1) is 11.3. The molecule has 0 atom stereocenters. The average molecular weight is 353 g/mol. The second kappa shape index (κ2) is 8.84. The highest BCUT2D eigenvalue weighted by molar-refractivity contribution is 5.89. The third-order valence-corrected chi connectivity index (χ3v) is 5.37. The Morgan fingerprint density at radius 1 is 1.21 bits per heavy atom. The van der Waals surface area contributed by atoms with E-state index in [1.54, 1.807) is 0 Å². The molecule has 1 aromatic rings. The molecule has 2 fully saturated rings. The first-order valence-corrected chi connectivity index (χ1v) is 8.93. The third-order valence-electron chi connectivity index (χ3n) is 5.37. The summed E-state index contributed by atoms with van der Waals surface area (Å²) < 4.78 is 5.84. The number of ether oxygens (including phenoxy) is 1. The summed E-state index contributed by atoms with van der Waals surface area (Å²) in [7, 11) is 0.